The van der Waals surface area contributed by atoms with Gasteiger partial charge >= 0.3 is 0 Å². The molecule has 1 saturated carbocycles. The van der Waals surface area contributed by atoms with Crippen LogP contribution in [0.25, 0.3) is 0 Å². The molecule has 3 N–H and O–H groups in total. The summed E-state index contributed by atoms with van der Waals surface area (Å²) in [7, 11) is 0. The zero-order valence-electron chi connectivity index (χ0n) is 10.6. The number of hydrazine groups is 1. The molecular formula is C12H24N2OS. The summed E-state index contributed by atoms with van der Waals surface area (Å²) >= 11 is 1.94. The summed E-state index contributed by atoms with van der Waals surface area (Å²) in [5.74, 6) is 6.81. The van der Waals surface area contributed by atoms with Gasteiger partial charge in [-0.3, -0.25) is 10.2 Å². The Labute approximate surface area is 103 Å². The highest BCUT2D eigenvalue weighted by molar-refractivity contribution is 7.99. The van der Waals surface area contributed by atoms with E-state index in [1.165, 1.54) is 25.7 Å². The molecule has 94 valence electrons. The molecule has 0 aromatic heterocycles. The van der Waals surface area contributed by atoms with Crippen LogP contribution in [0.4, 0.5) is 0 Å². The molecule has 0 bridgehead atoms. The van der Waals surface area contributed by atoms with Gasteiger partial charge in [-0.2, -0.15) is 11.8 Å². The van der Waals surface area contributed by atoms with Gasteiger partial charge in [0.15, 0.2) is 0 Å². The third kappa shape index (κ3) is 3.98. The molecule has 0 radical (unpaired) electrons. The molecule has 16 heavy (non-hydrogen) atoms. The Morgan fingerprint density at radius 2 is 2.19 bits per heavy atom. The third-order valence-corrected chi connectivity index (χ3v) is 5.10. The van der Waals surface area contributed by atoms with Gasteiger partial charge in [0.1, 0.15) is 0 Å². The van der Waals surface area contributed by atoms with Gasteiger partial charge in [0.05, 0.1) is 5.41 Å². The molecule has 0 aromatic carbocycles. The second-order valence-electron chi connectivity index (χ2n) is 5.56. The fourth-order valence-electron chi connectivity index (χ4n) is 2.12. The lowest BCUT2D eigenvalue weighted by Gasteiger charge is -2.29. The number of nitrogens with two attached hydrogens (primary N) is 1. The molecule has 0 aliphatic heterocycles. The van der Waals surface area contributed by atoms with E-state index in [1.807, 2.05) is 25.6 Å². The van der Waals surface area contributed by atoms with Crippen molar-refractivity contribution in [3.8, 4) is 0 Å². The molecule has 0 heterocycles. The summed E-state index contributed by atoms with van der Waals surface area (Å²) in [6.45, 7) is 6.23. The smallest absolute Gasteiger partial charge is 0.240 e. The number of carbonyl (C=O) groups is 1. The number of thioether (sulfide) groups is 1. The topological polar surface area (TPSA) is 55.1 Å². The van der Waals surface area contributed by atoms with Crippen LogP contribution in [0.1, 0.15) is 46.5 Å². The molecule has 1 rings (SSSR count). The van der Waals surface area contributed by atoms with E-state index in [4.69, 9.17) is 5.84 Å². The molecule has 3 nitrogen and oxygen atoms in total. The molecule has 1 aliphatic carbocycles. The van der Waals surface area contributed by atoms with Crippen molar-refractivity contribution >= 4 is 17.7 Å². The van der Waals surface area contributed by atoms with Crippen molar-refractivity contribution in [3.63, 3.8) is 0 Å². The number of carbonyl (C=O) groups excluding carboxylic acids is 1. The SMILES string of the molecule is CC1CCCC(SCC(C)(C)C(=O)NN)C1. The highest BCUT2D eigenvalue weighted by atomic mass is 32.2. The average Bonchev–Trinajstić information content (AvgIpc) is 2.25. The summed E-state index contributed by atoms with van der Waals surface area (Å²) in [6.07, 6.45) is 5.30. The molecule has 0 saturated heterocycles. The number of amides is 1. The number of hydrogen-bond acceptors (Lipinski definition) is 3. The Hall–Kier alpha value is -0.220. The van der Waals surface area contributed by atoms with Crippen molar-refractivity contribution in [2.45, 2.75) is 51.7 Å². The van der Waals surface area contributed by atoms with E-state index >= 15 is 0 Å². The fraction of sp³-hybridized carbons (Fsp3) is 0.917. The summed E-state index contributed by atoms with van der Waals surface area (Å²) in [5.41, 5.74) is 1.89. The van der Waals surface area contributed by atoms with Crippen molar-refractivity contribution in [3.05, 3.63) is 0 Å². The second kappa shape index (κ2) is 5.92. The van der Waals surface area contributed by atoms with Crippen LogP contribution in [0, 0.1) is 11.3 Å². The second-order valence-corrected chi connectivity index (χ2v) is 6.85. The first-order valence-electron chi connectivity index (χ1n) is 6.08. The van der Waals surface area contributed by atoms with Crippen LogP contribution in [0.15, 0.2) is 0 Å². The average molecular weight is 244 g/mol. The Balaban J connectivity index is 2.35. The maximum Gasteiger partial charge on any atom is 0.240 e. The van der Waals surface area contributed by atoms with Gasteiger partial charge in [-0.25, -0.2) is 5.84 Å². The van der Waals surface area contributed by atoms with Crippen LogP contribution in [0.2, 0.25) is 0 Å². The predicted molar refractivity (Wildman–Crippen MR) is 70.0 cm³/mol. The van der Waals surface area contributed by atoms with E-state index in [-0.39, 0.29) is 11.3 Å². The van der Waals surface area contributed by atoms with E-state index in [0.717, 1.165) is 16.9 Å². The molecule has 2 atom stereocenters. The van der Waals surface area contributed by atoms with Crippen LogP contribution < -0.4 is 11.3 Å². The molecule has 0 aromatic rings. The lowest BCUT2D eigenvalue weighted by molar-refractivity contribution is -0.128. The van der Waals surface area contributed by atoms with Crippen molar-refractivity contribution in [2.24, 2.45) is 17.2 Å². The van der Waals surface area contributed by atoms with Gasteiger partial charge in [0, 0.05) is 11.0 Å². The predicted octanol–water partition coefficient (Wildman–Crippen LogP) is 2.31. The largest absolute Gasteiger partial charge is 0.294 e. The zero-order valence-corrected chi connectivity index (χ0v) is 11.4. The molecule has 1 aliphatic rings. The van der Waals surface area contributed by atoms with Crippen LogP contribution in [-0.4, -0.2) is 16.9 Å². The van der Waals surface area contributed by atoms with Crippen molar-refractivity contribution in [2.75, 3.05) is 5.75 Å². The number of nitrogens with one attached hydrogen (secondary N) is 1. The first kappa shape index (κ1) is 13.8. The van der Waals surface area contributed by atoms with Gasteiger partial charge in [-0.1, -0.05) is 33.6 Å². The monoisotopic (exact) mass is 244 g/mol. The summed E-state index contributed by atoms with van der Waals surface area (Å²) in [5, 5.41) is 0.730. The maximum absolute atomic E-state index is 11.5. The number of hydrogen-bond donors (Lipinski definition) is 2. The van der Waals surface area contributed by atoms with Crippen LogP contribution in [0.5, 0.6) is 0 Å². The zero-order chi connectivity index (χ0) is 12.2. The van der Waals surface area contributed by atoms with Gasteiger partial charge in [-0.15, -0.1) is 0 Å². The normalized spacial score (nSPS) is 26.5. The van der Waals surface area contributed by atoms with Crippen LogP contribution >= 0.6 is 11.8 Å². The summed E-state index contributed by atoms with van der Waals surface area (Å²) in [6, 6.07) is 0. The van der Waals surface area contributed by atoms with Crippen molar-refractivity contribution < 1.29 is 4.79 Å². The highest BCUT2D eigenvalue weighted by Crippen LogP contribution is 2.35. The van der Waals surface area contributed by atoms with Gasteiger partial charge < -0.3 is 0 Å². The molecule has 1 amide bonds. The van der Waals surface area contributed by atoms with E-state index in [9.17, 15) is 4.79 Å². The minimum atomic E-state index is -0.361. The first-order valence-corrected chi connectivity index (χ1v) is 7.13. The molecular weight excluding hydrogens is 220 g/mol. The van der Waals surface area contributed by atoms with Crippen LogP contribution in [-0.2, 0) is 4.79 Å². The lowest BCUT2D eigenvalue weighted by atomic mass is 9.90. The molecule has 0 spiro atoms. The van der Waals surface area contributed by atoms with E-state index in [0.29, 0.717) is 0 Å². The maximum atomic E-state index is 11.5. The Morgan fingerprint density at radius 1 is 1.50 bits per heavy atom. The Kier molecular flexibility index (Phi) is 5.12. The fourth-order valence-corrected chi connectivity index (χ4v) is 3.70. The molecule has 2 unspecified atom stereocenters. The standard InChI is InChI=1S/C12H24N2OS/c1-9-5-4-6-10(7-9)16-8-12(2,3)11(15)14-13/h9-10H,4-8,13H2,1-3H3,(H,14,15). The van der Waals surface area contributed by atoms with E-state index < -0.39 is 0 Å². The lowest BCUT2D eigenvalue weighted by Crippen LogP contribution is -2.42. The number of rotatable bonds is 4. The Morgan fingerprint density at radius 3 is 2.75 bits per heavy atom. The first-order chi connectivity index (χ1) is 7.45. The van der Waals surface area contributed by atoms with E-state index in [2.05, 4.69) is 12.3 Å². The van der Waals surface area contributed by atoms with Gasteiger partial charge in [0.2, 0.25) is 5.91 Å². The minimum absolute atomic E-state index is 0.0659. The molecule has 1 fully saturated rings. The molecule has 4 heteroatoms. The van der Waals surface area contributed by atoms with E-state index in [1.54, 1.807) is 0 Å². The Bertz CT molecular complexity index is 243. The summed E-state index contributed by atoms with van der Waals surface area (Å²) in [4.78, 5) is 11.5. The van der Waals surface area contributed by atoms with Crippen molar-refractivity contribution in [1.82, 2.24) is 5.43 Å². The van der Waals surface area contributed by atoms with Crippen LogP contribution in [0.3, 0.4) is 0 Å². The minimum Gasteiger partial charge on any atom is -0.294 e. The van der Waals surface area contributed by atoms with Crippen molar-refractivity contribution in [1.29, 1.82) is 0 Å². The third-order valence-electron chi connectivity index (χ3n) is 3.31. The summed E-state index contributed by atoms with van der Waals surface area (Å²) < 4.78 is 0. The van der Waals surface area contributed by atoms with Gasteiger partial charge in [0.25, 0.3) is 0 Å². The van der Waals surface area contributed by atoms with Gasteiger partial charge in [-0.05, 0) is 18.8 Å². The quantitative estimate of drug-likeness (QED) is 0.453. The highest BCUT2D eigenvalue weighted by Gasteiger charge is 2.29.